The Morgan fingerprint density at radius 1 is 0.273 bits per heavy atom. The second-order valence-electron chi connectivity index (χ2n) is 20.9. The molecule has 0 spiro atoms. The summed E-state index contributed by atoms with van der Waals surface area (Å²) in [4.78, 5) is 38.2. The Bertz CT molecular complexity index is 1600. The monoisotopic (exact) mass is 1070 g/mol. The van der Waals surface area contributed by atoms with Gasteiger partial charge in [0.2, 0.25) is 0 Å². The van der Waals surface area contributed by atoms with Crippen LogP contribution in [-0.4, -0.2) is 37.2 Å². The van der Waals surface area contributed by atoms with Gasteiger partial charge < -0.3 is 14.2 Å². The van der Waals surface area contributed by atoms with Crippen LogP contribution in [0.3, 0.4) is 0 Å². The second kappa shape index (κ2) is 64.3. The Morgan fingerprint density at radius 2 is 0.506 bits per heavy atom. The number of carbonyl (C=O) groups is 3. The Balaban J connectivity index is 4.32. The molecule has 0 saturated carbocycles. The van der Waals surface area contributed by atoms with Gasteiger partial charge in [0, 0.05) is 19.3 Å². The van der Waals surface area contributed by atoms with Gasteiger partial charge in [-0.3, -0.25) is 14.4 Å². The summed E-state index contributed by atoms with van der Waals surface area (Å²) in [7, 11) is 0. The lowest BCUT2D eigenvalue weighted by molar-refractivity contribution is -0.167. The highest BCUT2D eigenvalue weighted by Gasteiger charge is 2.19. The molecule has 438 valence electrons. The van der Waals surface area contributed by atoms with Crippen molar-refractivity contribution in [3.05, 3.63) is 122 Å². The van der Waals surface area contributed by atoms with E-state index in [1.54, 1.807) is 0 Å². The first-order valence-corrected chi connectivity index (χ1v) is 32.0. The summed E-state index contributed by atoms with van der Waals surface area (Å²) >= 11 is 0. The molecule has 0 fully saturated rings. The standard InChI is InChI=1S/C71H118O6/c1-4-7-10-13-16-19-22-25-27-29-30-31-32-33-34-35-36-37-38-39-40-41-42-43-45-46-49-52-55-58-61-64-70(73)76-67-68(66-75-69(72)63-60-57-54-51-48-24-21-18-15-12-9-6-3)77-71(74)65-62-59-56-53-50-47-44-28-26-23-20-17-14-11-8-5-2/h7,10,16,19-20,23,25,27-28,30-31,33-34,36-37,39-40,42-44,68H,4-6,8-9,11-15,17-18,21-22,24,26,29,32,35,38,41,45-67H2,1-3H3/b10-7-,19-16-,23-20-,27-25-,31-30-,34-33-,37-36-,40-39-,43-42-,44-28-. The van der Waals surface area contributed by atoms with Crippen molar-refractivity contribution in [2.75, 3.05) is 13.2 Å². The van der Waals surface area contributed by atoms with Crippen LogP contribution in [0.15, 0.2) is 122 Å². The summed E-state index contributed by atoms with van der Waals surface area (Å²) in [5.74, 6) is -0.913. The van der Waals surface area contributed by atoms with Crippen molar-refractivity contribution in [2.24, 2.45) is 0 Å². The first-order valence-electron chi connectivity index (χ1n) is 32.0. The van der Waals surface area contributed by atoms with Gasteiger partial charge in [-0.1, -0.05) is 277 Å². The Labute approximate surface area is 475 Å². The molecule has 0 aliphatic heterocycles. The fourth-order valence-corrected chi connectivity index (χ4v) is 8.67. The minimum absolute atomic E-state index is 0.0880. The molecular weight excluding hydrogens is 949 g/mol. The van der Waals surface area contributed by atoms with Crippen LogP contribution in [-0.2, 0) is 28.6 Å². The Hall–Kier alpha value is -4.19. The van der Waals surface area contributed by atoms with E-state index in [1.165, 1.54) is 103 Å². The zero-order chi connectivity index (χ0) is 55.7. The number of rotatable bonds is 57. The van der Waals surface area contributed by atoms with E-state index >= 15 is 0 Å². The molecule has 1 unspecified atom stereocenters. The number of hydrogen-bond donors (Lipinski definition) is 0. The molecule has 0 saturated heterocycles. The third-order valence-corrected chi connectivity index (χ3v) is 13.5. The summed E-state index contributed by atoms with van der Waals surface area (Å²) in [6, 6.07) is 0. The topological polar surface area (TPSA) is 78.9 Å². The fourth-order valence-electron chi connectivity index (χ4n) is 8.67. The normalized spacial score (nSPS) is 12.9. The van der Waals surface area contributed by atoms with E-state index in [2.05, 4.69) is 142 Å². The minimum Gasteiger partial charge on any atom is -0.462 e. The highest BCUT2D eigenvalue weighted by molar-refractivity contribution is 5.71. The van der Waals surface area contributed by atoms with Gasteiger partial charge >= 0.3 is 17.9 Å². The van der Waals surface area contributed by atoms with Crippen molar-refractivity contribution in [1.29, 1.82) is 0 Å². The first-order chi connectivity index (χ1) is 38.0. The van der Waals surface area contributed by atoms with Crippen molar-refractivity contribution < 1.29 is 28.6 Å². The van der Waals surface area contributed by atoms with E-state index in [9.17, 15) is 14.4 Å². The van der Waals surface area contributed by atoms with Crippen molar-refractivity contribution in [2.45, 2.75) is 297 Å². The van der Waals surface area contributed by atoms with Gasteiger partial charge in [0.05, 0.1) is 0 Å². The second-order valence-corrected chi connectivity index (χ2v) is 20.9. The largest absolute Gasteiger partial charge is 0.462 e. The summed E-state index contributed by atoms with van der Waals surface area (Å²) in [6.45, 7) is 6.49. The van der Waals surface area contributed by atoms with Crippen molar-refractivity contribution in [3.63, 3.8) is 0 Å². The van der Waals surface area contributed by atoms with E-state index < -0.39 is 6.10 Å². The molecule has 0 aromatic heterocycles. The van der Waals surface area contributed by atoms with Gasteiger partial charge in [-0.25, -0.2) is 0 Å². The van der Waals surface area contributed by atoms with Crippen LogP contribution in [0, 0.1) is 0 Å². The predicted molar refractivity (Wildman–Crippen MR) is 334 cm³/mol. The van der Waals surface area contributed by atoms with Crippen LogP contribution in [0.1, 0.15) is 290 Å². The zero-order valence-corrected chi connectivity index (χ0v) is 50.2. The molecular formula is C71H118O6. The molecule has 0 radical (unpaired) electrons. The first kappa shape index (κ1) is 72.8. The molecule has 77 heavy (non-hydrogen) atoms. The lowest BCUT2D eigenvalue weighted by Crippen LogP contribution is -2.30. The van der Waals surface area contributed by atoms with Crippen LogP contribution in [0.25, 0.3) is 0 Å². The smallest absolute Gasteiger partial charge is 0.306 e. The fraction of sp³-hybridized carbons (Fsp3) is 0.676. The number of hydrogen-bond acceptors (Lipinski definition) is 6. The number of esters is 3. The number of unbranched alkanes of at least 4 members (excludes halogenated alkanes) is 26. The van der Waals surface area contributed by atoms with E-state index in [0.717, 1.165) is 148 Å². The number of allylic oxidation sites excluding steroid dienone is 20. The lowest BCUT2D eigenvalue weighted by Gasteiger charge is -2.18. The average Bonchev–Trinajstić information content (AvgIpc) is 3.43. The molecule has 6 nitrogen and oxygen atoms in total. The van der Waals surface area contributed by atoms with E-state index in [1.807, 2.05) is 0 Å². The van der Waals surface area contributed by atoms with Crippen LogP contribution in [0.4, 0.5) is 0 Å². The summed E-state index contributed by atoms with van der Waals surface area (Å²) in [6.07, 6.45) is 89.1. The molecule has 1 atom stereocenters. The predicted octanol–water partition coefficient (Wildman–Crippen LogP) is 22.0. The van der Waals surface area contributed by atoms with E-state index in [-0.39, 0.29) is 31.1 Å². The van der Waals surface area contributed by atoms with Gasteiger partial charge in [0.1, 0.15) is 13.2 Å². The van der Waals surface area contributed by atoms with Crippen LogP contribution >= 0.6 is 0 Å². The maximum atomic E-state index is 12.9. The molecule has 0 N–H and O–H groups in total. The van der Waals surface area contributed by atoms with Gasteiger partial charge in [-0.05, 0) is 116 Å². The lowest BCUT2D eigenvalue weighted by atomic mass is 10.0. The van der Waals surface area contributed by atoms with Crippen molar-refractivity contribution >= 4 is 17.9 Å². The van der Waals surface area contributed by atoms with Gasteiger partial charge in [-0.15, -0.1) is 0 Å². The molecule has 0 aromatic carbocycles. The molecule has 0 heterocycles. The molecule has 0 aromatic rings. The quantitative estimate of drug-likeness (QED) is 0.0261. The highest BCUT2D eigenvalue weighted by atomic mass is 16.6. The Morgan fingerprint density at radius 3 is 0.805 bits per heavy atom. The van der Waals surface area contributed by atoms with Gasteiger partial charge in [0.25, 0.3) is 0 Å². The highest BCUT2D eigenvalue weighted by Crippen LogP contribution is 2.15. The molecule has 0 aliphatic carbocycles. The van der Waals surface area contributed by atoms with Crippen LogP contribution < -0.4 is 0 Å². The molecule has 6 heteroatoms. The third kappa shape index (κ3) is 62.5. The van der Waals surface area contributed by atoms with E-state index in [0.29, 0.717) is 19.3 Å². The van der Waals surface area contributed by atoms with Crippen LogP contribution in [0.5, 0.6) is 0 Å². The van der Waals surface area contributed by atoms with Crippen molar-refractivity contribution in [3.8, 4) is 0 Å². The summed E-state index contributed by atoms with van der Waals surface area (Å²) < 4.78 is 16.9. The maximum absolute atomic E-state index is 12.9. The van der Waals surface area contributed by atoms with Crippen molar-refractivity contribution in [1.82, 2.24) is 0 Å². The Kier molecular flexibility index (Phi) is 60.8. The van der Waals surface area contributed by atoms with Gasteiger partial charge in [0.15, 0.2) is 6.10 Å². The maximum Gasteiger partial charge on any atom is 0.306 e. The molecule has 0 aliphatic rings. The summed E-state index contributed by atoms with van der Waals surface area (Å²) in [5, 5.41) is 0. The molecule has 0 rings (SSSR count). The molecule has 0 amide bonds. The summed E-state index contributed by atoms with van der Waals surface area (Å²) in [5.41, 5.74) is 0. The van der Waals surface area contributed by atoms with Gasteiger partial charge in [-0.2, -0.15) is 0 Å². The number of carbonyl (C=O) groups excluding carboxylic acids is 3. The van der Waals surface area contributed by atoms with E-state index in [4.69, 9.17) is 14.2 Å². The zero-order valence-electron chi connectivity index (χ0n) is 50.2. The molecule has 0 bridgehead atoms. The number of ether oxygens (including phenoxy) is 3. The SMILES string of the molecule is CC/C=C\C/C=C\C/C=C\C/C=C\C/C=C\C/C=C\C/C=C\C/C=C\CCCCCCCCC(=O)OCC(COC(=O)CCCCCCCCCCCCCC)OC(=O)CCCCCCC/C=C\C/C=C\CCCCCC. The third-order valence-electron chi connectivity index (χ3n) is 13.5. The minimum atomic E-state index is -0.793. The average molecular weight is 1070 g/mol. The van der Waals surface area contributed by atoms with Crippen LogP contribution in [0.2, 0.25) is 0 Å².